The van der Waals surface area contributed by atoms with Crippen LogP contribution in [0.1, 0.15) is 54.9 Å². The smallest absolute Gasteiger partial charge is 0.254 e. The highest BCUT2D eigenvalue weighted by molar-refractivity contribution is 6.07. The molecule has 1 aliphatic heterocycles. The average Bonchev–Trinajstić information content (AvgIpc) is 3.35. The second-order valence-corrected chi connectivity index (χ2v) is 10.0. The van der Waals surface area contributed by atoms with Crippen molar-refractivity contribution in [2.75, 3.05) is 37.9 Å². The first-order chi connectivity index (χ1) is 19.0. The van der Waals surface area contributed by atoms with Gasteiger partial charge in [0.2, 0.25) is 5.95 Å². The van der Waals surface area contributed by atoms with Gasteiger partial charge in [0.05, 0.1) is 18.3 Å². The van der Waals surface area contributed by atoms with E-state index in [1.165, 1.54) is 0 Å². The van der Waals surface area contributed by atoms with Gasteiger partial charge in [0, 0.05) is 56.1 Å². The van der Waals surface area contributed by atoms with Crippen molar-refractivity contribution >= 4 is 39.6 Å². The van der Waals surface area contributed by atoms with E-state index in [2.05, 4.69) is 32.3 Å². The molecule has 0 radical (unpaired) electrons. The van der Waals surface area contributed by atoms with Crippen LogP contribution >= 0.6 is 0 Å². The van der Waals surface area contributed by atoms with Gasteiger partial charge in [-0.15, -0.1) is 0 Å². The quantitative estimate of drug-likeness (QED) is 0.280. The minimum atomic E-state index is -0.0165. The lowest BCUT2D eigenvalue weighted by Crippen LogP contribution is -2.40. The number of fused-ring (bicyclic) bond motifs is 2. The molecule has 1 fully saturated rings. The molecule has 1 amide bonds. The fourth-order valence-electron chi connectivity index (χ4n) is 5.36. The van der Waals surface area contributed by atoms with Gasteiger partial charge in [-0.05, 0) is 43.4 Å². The van der Waals surface area contributed by atoms with E-state index in [-0.39, 0.29) is 30.5 Å². The van der Waals surface area contributed by atoms with Crippen molar-refractivity contribution < 1.29 is 14.6 Å². The van der Waals surface area contributed by atoms with Crippen LogP contribution in [0, 0.1) is 0 Å². The van der Waals surface area contributed by atoms with Gasteiger partial charge >= 0.3 is 0 Å². The number of aromatic nitrogens is 5. The standard InChI is InChI=1S/C28H36N8O3/c1-3-5-19(9-13-37)32-26-25-23(33-28(29)34-26)16-31-36(25)17-18-7-8-22(21-6-4-12-30-24(18)21)27(38)35(2)20-10-14-39-15-11-20/h4,6-8,12,16,19-20,37H,3,5,9-11,13-15,17H2,1-2H3,(H3,29,32,33,34)/t19-/m0/s1. The Hall–Kier alpha value is -3.83. The van der Waals surface area contributed by atoms with Crippen LogP contribution in [0.5, 0.6) is 0 Å². The first-order valence-corrected chi connectivity index (χ1v) is 13.6. The summed E-state index contributed by atoms with van der Waals surface area (Å²) in [5.74, 6) is 0.730. The van der Waals surface area contributed by atoms with E-state index in [9.17, 15) is 9.90 Å². The van der Waals surface area contributed by atoms with Crippen molar-refractivity contribution in [1.29, 1.82) is 0 Å². The molecule has 11 heteroatoms. The Morgan fingerprint density at radius 2 is 2.08 bits per heavy atom. The first-order valence-electron chi connectivity index (χ1n) is 13.6. The van der Waals surface area contributed by atoms with E-state index < -0.39 is 0 Å². The number of nitrogens with zero attached hydrogens (tertiary/aromatic N) is 6. The molecule has 39 heavy (non-hydrogen) atoms. The maximum atomic E-state index is 13.5. The fraction of sp³-hybridized carbons (Fsp3) is 0.464. The highest BCUT2D eigenvalue weighted by Gasteiger charge is 2.25. The molecule has 4 heterocycles. The van der Waals surface area contributed by atoms with Crippen LogP contribution in [0.4, 0.5) is 11.8 Å². The summed E-state index contributed by atoms with van der Waals surface area (Å²) in [5.41, 5.74) is 9.67. The monoisotopic (exact) mass is 532 g/mol. The van der Waals surface area contributed by atoms with Gasteiger partial charge in [-0.1, -0.05) is 25.5 Å². The molecule has 0 aliphatic carbocycles. The molecule has 1 saturated heterocycles. The van der Waals surface area contributed by atoms with Crippen molar-refractivity contribution in [3.8, 4) is 0 Å². The van der Waals surface area contributed by atoms with E-state index in [1.54, 1.807) is 12.4 Å². The summed E-state index contributed by atoms with van der Waals surface area (Å²) in [6.07, 6.45) is 7.53. The zero-order chi connectivity index (χ0) is 27.4. The van der Waals surface area contributed by atoms with Crippen molar-refractivity contribution in [3.63, 3.8) is 0 Å². The molecule has 4 N–H and O–H groups in total. The molecule has 0 bridgehead atoms. The van der Waals surface area contributed by atoms with E-state index in [1.807, 2.05) is 40.9 Å². The number of nitrogen functional groups attached to an aromatic ring is 1. The summed E-state index contributed by atoms with van der Waals surface area (Å²) in [6.45, 7) is 3.93. The second kappa shape index (κ2) is 11.9. The van der Waals surface area contributed by atoms with Gasteiger partial charge in [0.15, 0.2) is 5.82 Å². The van der Waals surface area contributed by atoms with Gasteiger partial charge in [-0.25, -0.2) is 4.98 Å². The predicted molar refractivity (Wildman–Crippen MR) is 151 cm³/mol. The van der Waals surface area contributed by atoms with Gasteiger partial charge in [0.25, 0.3) is 5.91 Å². The first kappa shape index (κ1) is 26.8. The molecule has 0 spiro atoms. The molecule has 1 aromatic carbocycles. The number of amides is 1. The summed E-state index contributed by atoms with van der Waals surface area (Å²) in [7, 11) is 1.87. The van der Waals surface area contributed by atoms with Gasteiger partial charge in [-0.3, -0.25) is 14.5 Å². The SMILES string of the molecule is CCC[C@@H](CCO)Nc1nc(N)nc2cnn(Cc3ccc(C(=O)N(C)C4CCOCC4)c4cccnc34)c12. The van der Waals surface area contributed by atoms with Crippen LogP contribution in [0.15, 0.2) is 36.7 Å². The number of pyridine rings is 1. The largest absolute Gasteiger partial charge is 0.396 e. The van der Waals surface area contributed by atoms with Crippen LogP contribution in [0.3, 0.4) is 0 Å². The minimum absolute atomic E-state index is 0.0165. The van der Waals surface area contributed by atoms with Crippen LogP contribution in [0.2, 0.25) is 0 Å². The summed E-state index contributed by atoms with van der Waals surface area (Å²) in [6, 6.07) is 7.84. The summed E-state index contributed by atoms with van der Waals surface area (Å²) < 4.78 is 7.31. The molecule has 4 aromatic rings. The number of anilines is 2. The number of nitrogens with one attached hydrogen (secondary N) is 1. The number of hydrogen-bond donors (Lipinski definition) is 3. The zero-order valence-electron chi connectivity index (χ0n) is 22.5. The van der Waals surface area contributed by atoms with E-state index in [0.717, 1.165) is 47.7 Å². The lowest BCUT2D eigenvalue weighted by molar-refractivity contribution is 0.0363. The van der Waals surface area contributed by atoms with E-state index in [4.69, 9.17) is 10.5 Å². The number of benzene rings is 1. The van der Waals surface area contributed by atoms with Crippen LogP contribution in [-0.4, -0.2) is 79.6 Å². The molecule has 5 rings (SSSR count). The number of ether oxygens (including phenoxy) is 1. The highest BCUT2D eigenvalue weighted by Crippen LogP contribution is 2.28. The van der Waals surface area contributed by atoms with Gasteiger partial charge in [0.1, 0.15) is 11.0 Å². The second-order valence-electron chi connectivity index (χ2n) is 10.0. The highest BCUT2D eigenvalue weighted by atomic mass is 16.5. The number of nitrogens with two attached hydrogens (primary N) is 1. The fourth-order valence-corrected chi connectivity index (χ4v) is 5.36. The Balaban J connectivity index is 1.49. The van der Waals surface area contributed by atoms with Crippen molar-refractivity contribution in [2.24, 2.45) is 0 Å². The molecule has 1 atom stereocenters. The van der Waals surface area contributed by atoms with Crippen LogP contribution in [-0.2, 0) is 11.3 Å². The Kier molecular flexibility index (Phi) is 8.18. The number of aliphatic hydroxyl groups is 1. The van der Waals surface area contributed by atoms with Crippen molar-refractivity contribution in [3.05, 3.63) is 47.8 Å². The lowest BCUT2D eigenvalue weighted by atomic mass is 10.0. The number of carbonyl (C=O) groups is 1. The van der Waals surface area contributed by atoms with Gasteiger partial charge in [-0.2, -0.15) is 10.1 Å². The van der Waals surface area contributed by atoms with Crippen molar-refractivity contribution in [1.82, 2.24) is 29.6 Å². The molecular formula is C28H36N8O3. The van der Waals surface area contributed by atoms with E-state index >= 15 is 0 Å². The third-order valence-electron chi connectivity index (χ3n) is 7.42. The number of aliphatic hydroxyl groups excluding tert-OH is 1. The molecular weight excluding hydrogens is 496 g/mol. The molecule has 3 aromatic heterocycles. The Morgan fingerprint density at radius 3 is 2.85 bits per heavy atom. The van der Waals surface area contributed by atoms with Gasteiger partial charge < -0.3 is 25.8 Å². The molecule has 0 saturated carbocycles. The maximum absolute atomic E-state index is 13.5. The topological polar surface area (TPSA) is 144 Å². The third kappa shape index (κ3) is 5.64. The zero-order valence-corrected chi connectivity index (χ0v) is 22.5. The molecule has 1 aliphatic rings. The predicted octanol–water partition coefficient (Wildman–Crippen LogP) is 3.22. The number of rotatable bonds is 10. The third-order valence-corrected chi connectivity index (χ3v) is 7.42. The Morgan fingerprint density at radius 1 is 1.26 bits per heavy atom. The molecule has 206 valence electrons. The number of carbonyl (C=O) groups excluding carboxylic acids is 1. The Labute approximate surface area is 227 Å². The summed E-state index contributed by atoms with van der Waals surface area (Å²) >= 11 is 0. The minimum Gasteiger partial charge on any atom is -0.396 e. The average molecular weight is 533 g/mol. The lowest BCUT2D eigenvalue weighted by Gasteiger charge is -2.31. The maximum Gasteiger partial charge on any atom is 0.254 e. The van der Waals surface area contributed by atoms with Crippen LogP contribution in [0.25, 0.3) is 21.9 Å². The normalized spacial score (nSPS) is 15.1. The van der Waals surface area contributed by atoms with Crippen LogP contribution < -0.4 is 11.1 Å². The number of hydrogen-bond acceptors (Lipinski definition) is 9. The Bertz CT molecular complexity index is 1440. The summed E-state index contributed by atoms with van der Waals surface area (Å²) in [5, 5.41) is 18.4. The van der Waals surface area contributed by atoms with E-state index in [0.29, 0.717) is 43.1 Å². The molecule has 11 nitrogen and oxygen atoms in total. The van der Waals surface area contributed by atoms with Crippen molar-refractivity contribution in [2.45, 2.75) is 57.7 Å². The molecule has 0 unspecified atom stereocenters. The summed E-state index contributed by atoms with van der Waals surface area (Å²) in [4.78, 5) is 28.9.